The quantitative estimate of drug-likeness (QED) is 0.762. The van der Waals surface area contributed by atoms with E-state index in [1.165, 1.54) is 12.1 Å². The van der Waals surface area contributed by atoms with Gasteiger partial charge in [0, 0.05) is 17.5 Å². The van der Waals surface area contributed by atoms with Gasteiger partial charge in [0.1, 0.15) is 0 Å². The lowest BCUT2D eigenvalue weighted by atomic mass is 9.99. The molecule has 0 saturated carbocycles. The molecule has 3 N–H and O–H groups in total. The molecule has 0 amide bonds. The summed E-state index contributed by atoms with van der Waals surface area (Å²) in [6.45, 7) is -0.213. The molecule has 118 valence electrons. The van der Waals surface area contributed by atoms with Gasteiger partial charge >= 0.3 is 6.18 Å². The Labute approximate surface area is 128 Å². The number of aromatic amines is 1. The number of rotatable bonds is 2. The summed E-state index contributed by atoms with van der Waals surface area (Å²) in [5.41, 5.74) is 4.76. The van der Waals surface area contributed by atoms with Crippen LogP contribution in [-0.2, 0) is 12.7 Å². The van der Waals surface area contributed by atoms with Crippen LogP contribution in [0.25, 0.3) is 22.0 Å². The summed E-state index contributed by atoms with van der Waals surface area (Å²) in [4.78, 5) is 11.8. The maximum absolute atomic E-state index is 13.2. The van der Waals surface area contributed by atoms with Crippen LogP contribution in [0, 0.1) is 0 Å². The molecule has 0 aliphatic rings. The van der Waals surface area contributed by atoms with Gasteiger partial charge in [0.15, 0.2) is 0 Å². The van der Waals surface area contributed by atoms with Crippen molar-refractivity contribution in [2.45, 2.75) is 12.7 Å². The molecule has 0 saturated heterocycles. The van der Waals surface area contributed by atoms with Crippen molar-refractivity contribution in [3.8, 4) is 11.3 Å². The van der Waals surface area contributed by atoms with Crippen molar-refractivity contribution in [2.75, 3.05) is 0 Å². The van der Waals surface area contributed by atoms with Crippen LogP contribution in [0.3, 0.4) is 0 Å². The molecule has 0 aliphatic heterocycles. The maximum Gasteiger partial charge on any atom is 0.416 e. The number of benzene rings is 2. The van der Waals surface area contributed by atoms with Gasteiger partial charge in [0.05, 0.1) is 16.6 Å². The van der Waals surface area contributed by atoms with E-state index in [2.05, 4.69) is 10.2 Å². The first-order chi connectivity index (χ1) is 10.9. The lowest BCUT2D eigenvalue weighted by Gasteiger charge is -2.14. The molecule has 0 unspecified atom stereocenters. The van der Waals surface area contributed by atoms with Crippen LogP contribution in [0.1, 0.15) is 11.1 Å². The molecule has 7 heteroatoms. The second-order valence-corrected chi connectivity index (χ2v) is 5.02. The van der Waals surface area contributed by atoms with Crippen molar-refractivity contribution in [3.63, 3.8) is 0 Å². The van der Waals surface area contributed by atoms with E-state index < -0.39 is 11.7 Å². The van der Waals surface area contributed by atoms with Gasteiger partial charge in [-0.25, -0.2) is 5.10 Å². The molecular weight excluding hydrogens is 307 g/mol. The minimum absolute atomic E-state index is 0.00924. The molecule has 0 bridgehead atoms. The standard InChI is InChI=1S/C16H12F3N3O/c17-16(18,19)13-7-9(5-6-10(13)8-20)14-11-3-1-2-4-12(11)15(23)22-21-14/h1-7H,8,20H2,(H,22,23). The minimum Gasteiger partial charge on any atom is -0.326 e. The average molecular weight is 319 g/mol. The van der Waals surface area contributed by atoms with E-state index in [4.69, 9.17) is 5.73 Å². The molecule has 0 fully saturated rings. The van der Waals surface area contributed by atoms with Gasteiger partial charge in [-0.1, -0.05) is 30.3 Å². The fourth-order valence-corrected chi connectivity index (χ4v) is 2.50. The Kier molecular flexibility index (Phi) is 3.65. The molecular formula is C16H12F3N3O. The first-order valence-corrected chi connectivity index (χ1v) is 6.80. The summed E-state index contributed by atoms with van der Waals surface area (Å²) in [6.07, 6.45) is -4.51. The number of hydrogen-bond donors (Lipinski definition) is 2. The Bertz CT molecular complexity index is 932. The number of H-pyrrole nitrogens is 1. The molecule has 1 aromatic heterocycles. The van der Waals surface area contributed by atoms with Gasteiger partial charge in [-0.3, -0.25) is 4.79 Å². The number of nitrogens with two attached hydrogens (primary N) is 1. The maximum atomic E-state index is 13.2. The van der Waals surface area contributed by atoms with Gasteiger partial charge in [0.25, 0.3) is 5.56 Å². The predicted octanol–water partition coefficient (Wildman–Crippen LogP) is 3.07. The van der Waals surface area contributed by atoms with Crippen LogP contribution in [0.15, 0.2) is 47.3 Å². The third-order valence-electron chi connectivity index (χ3n) is 3.60. The fraction of sp³-hybridized carbons (Fsp3) is 0.125. The van der Waals surface area contributed by atoms with E-state index in [0.717, 1.165) is 6.07 Å². The molecule has 23 heavy (non-hydrogen) atoms. The van der Waals surface area contributed by atoms with Crippen LogP contribution >= 0.6 is 0 Å². The van der Waals surface area contributed by atoms with E-state index in [0.29, 0.717) is 10.8 Å². The summed E-state index contributed by atoms with van der Waals surface area (Å²) in [5.74, 6) is 0. The molecule has 0 atom stereocenters. The number of halogens is 3. The van der Waals surface area contributed by atoms with E-state index in [-0.39, 0.29) is 28.9 Å². The average Bonchev–Trinajstić information content (AvgIpc) is 2.54. The van der Waals surface area contributed by atoms with Crippen molar-refractivity contribution >= 4 is 10.8 Å². The lowest BCUT2D eigenvalue weighted by molar-refractivity contribution is -0.138. The molecule has 0 aliphatic carbocycles. The Morgan fingerprint density at radius 2 is 1.78 bits per heavy atom. The zero-order chi connectivity index (χ0) is 16.6. The second kappa shape index (κ2) is 5.51. The number of alkyl halides is 3. The van der Waals surface area contributed by atoms with Crippen molar-refractivity contribution in [2.24, 2.45) is 5.73 Å². The minimum atomic E-state index is -4.51. The normalized spacial score (nSPS) is 11.8. The summed E-state index contributed by atoms with van der Waals surface area (Å²) in [5, 5.41) is 7.10. The Morgan fingerprint density at radius 1 is 1.09 bits per heavy atom. The topological polar surface area (TPSA) is 71.8 Å². The van der Waals surface area contributed by atoms with Crippen molar-refractivity contribution in [3.05, 3.63) is 63.9 Å². The molecule has 4 nitrogen and oxygen atoms in total. The number of nitrogens with one attached hydrogen (secondary N) is 1. The molecule has 1 heterocycles. The van der Waals surface area contributed by atoms with Gasteiger partial charge in [0.2, 0.25) is 0 Å². The van der Waals surface area contributed by atoms with Crippen LogP contribution in [-0.4, -0.2) is 10.2 Å². The molecule has 3 aromatic rings. The Hall–Kier alpha value is -2.67. The van der Waals surface area contributed by atoms with Crippen molar-refractivity contribution in [1.29, 1.82) is 0 Å². The zero-order valence-corrected chi connectivity index (χ0v) is 11.8. The van der Waals surface area contributed by atoms with Gasteiger partial charge < -0.3 is 5.73 Å². The number of hydrogen-bond acceptors (Lipinski definition) is 3. The summed E-state index contributed by atoms with van der Waals surface area (Å²) in [7, 11) is 0. The first kappa shape index (κ1) is 15.2. The predicted molar refractivity (Wildman–Crippen MR) is 80.7 cm³/mol. The molecule has 3 rings (SSSR count). The third-order valence-corrected chi connectivity index (χ3v) is 3.60. The lowest BCUT2D eigenvalue weighted by Crippen LogP contribution is -2.13. The summed E-state index contributed by atoms with van der Waals surface area (Å²) < 4.78 is 39.5. The smallest absolute Gasteiger partial charge is 0.326 e. The highest BCUT2D eigenvalue weighted by atomic mass is 19.4. The summed E-state index contributed by atoms with van der Waals surface area (Å²) in [6, 6.07) is 10.5. The van der Waals surface area contributed by atoms with Crippen LogP contribution in [0.4, 0.5) is 13.2 Å². The van der Waals surface area contributed by atoms with E-state index in [9.17, 15) is 18.0 Å². The van der Waals surface area contributed by atoms with Crippen LogP contribution < -0.4 is 11.3 Å². The van der Waals surface area contributed by atoms with E-state index in [1.807, 2.05) is 0 Å². The number of fused-ring (bicyclic) bond motifs is 1. The molecule has 0 spiro atoms. The first-order valence-electron chi connectivity index (χ1n) is 6.80. The SMILES string of the molecule is NCc1ccc(-c2n[nH]c(=O)c3ccccc23)cc1C(F)(F)F. The number of aromatic nitrogens is 2. The molecule has 0 radical (unpaired) electrons. The van der Waals surface area contributed by atoms with Gasteiger partial charge in [-0.05, 0) is 17.7 Å². The summed E-state index contributed by atoms with van der Waals surface area (Å²) >= 11 is 0. The zero-order valence-electron chi connectivity index (χ0n) is 11.8. The number of nitrogens with zero attached hydrogens (tertiary/aromatic N) is 1. The van der Waals surface area contributed by atoms with Crippen LogP contribution in [0.2, 0.25) is 0 Å². The third kappa shape index (κ3) is 2.70. The largest absolute Gasteiger partial charge is 0.416 e. The highest BCUT2D eigenvalue weighted by Gasteiger charge is 2.33. The van der Waals surface area contributed by atoms with Crippen molar-refractivity contribution < 1.29 is 13.2 Å². The van der Waals surface area contributed by atoms with Gasteiger partial charge in [-0.2, -0.15) is 18.3 Å². The van der Waals surface area contributed by atoms with E-state index >= 15 is 0 Å². The van der Waals surface area contributed by atoms with Crippen molar-refractivity contribution in [1.82, 2.24) is 10.2 Å². The van der Waals surface area contributed by atoms with E-state index in [1.54, 1.807) is 24.3 Å². The monoisotopic (exact) mass is 319 g/mol. The van der Waals surface area contributed by atoms with Crippen LogP contribution in [0.5, 0.6) is 0 Å². The second-order valence-electron chi connectivity index (χ2n) is 5.02. The highest BCUT2D eigenvalue weighted by molar-refractivity contribution is 5.93. The Balaban J connectivity index is 2.28. The highest BCUT2D eigenvalue weighted by Crippen LogP contribution is 2.35. The molecule has 2 aromatic carbocycles. The Morgan fingerprint density at radius 3 is 2.43 bits per heavy atom. The fourth-order valence-electron chi connectivity index (χ4n) is 2.50. The van der Waals surface area contributed by atoms with Gasteiger partial charge in [-0.15, -0.1) is 0 Å².